The summed E-state index contributed by atoms with van der Waals surface area (Å²) in [6, 6.07) is 8.33. The lowest BCUT2D eigenvalue weighted by Crippen LogP contribution is -2.27. The number of fused-ring (bicyclic) bond motifs is 1. The maximum Gasteiger partial charge on any atom is 0.165 e. The van der Waals surface area contributed by atoms with E-state index in [0.29, 0.717) is 17.9 Å². The van der Waals surface area contributed by atoms with E-state index in [0.717, 1.165) is 40.1 Å². The molecule has 4 rings (SSSR count). The SMILES string of the molecule is CC1(C)CC(=O)c2c([nH]c(-c3ccncc3)c2Cc2cc(F)cc(Cl)c2)C1. The Hall–Kier alpha value is -2.46. The van der Waals surface area contributed by atoms with Gasteiger partial charge in [0.15, 0.2) is 5.78 Å². The maximum atomic E-state index is 13.8. The summed E-state index contributed by atoms with van der Waals surface area (Å²) >= 11 is 6.03. The highest BCUT2D eigenvalue weighted by Crippen LogP contribution is 2.40. The van der Waals surface area contributed by atoms with Gasteiger partial charge in [0.25, 0.3) is 0 Å². The number of hydrogen-bond donors (Lipinski definition) is 1. The van der Waals surface area contributed by atoms with Gasteiger partial charge in [0, 0.05) is 47.1 Å². The fraction of sp³-hybridized carbons (Fsp3) is 0.273. The number of pyridine rings is 1. The van der Waals surface area contributed by atoms with Crippen molar-refractivity contribution in [3.63, 3.8) is 0 Å². The van der Waals surface area contributed by atoms with Crippen LogP contribution in [0.15, 0.2) is 42.7 Å². The molecule has 0 saturated carbocycles. The number of ketones is 1. The smallest absolute Gasteiger partial charge is 0.165 e. The van der Waals surface area contributed by atoms with Crippen LogP contribution in [0.4, 0.5) is 4.39 Å². The van der Waals surface area contributed by atoms with E-state index < -0.39 is 0 Å². The molecule has 1 aromatic carbocycles. The van der Waals surface area contributed by atoms with E-state index in [1.165, 1.54) is 12.1 Å². The Morgan fingerprint density at radius 3 is 2.63 bits per heavy atom. The molecule has 0 aliphatic heterocycles. The van der Waals surface area contributed by atoms with Gasteiger partial charge in [-0.3, -0.25) is 9.78 Å². The number of halogens is 2. The van der Waals surface area contributed by atoms with Gasteiger partial charge in [-0.05, 0) is 53.3 Å². The van der Waals surface area contributed by atoms with Gasteiger partial charge in [0.05, 0.1) is 5.69 Å². The lowest BCUT2D eigenvalue weighted by molar-refractivity contribution is 0.0911. The second kappa shape index (κ2) is 6.61. The molecule has 2 aromatic heterocycles. The van der Waals surface area contributed by atoms with Crippen molar-refractivity contribution in [3.8, 4) is 11.3 Å². The molecule has 0 bridgehead atoms. The molecule has 0 fully saturated rings. The van der Waals surface area contributed by atoms with Crippen LogP contribution in [-0.2, 0) is 12.8 Å². The lowest BCUT2D eigenvalue weighted by atomic mass is 9.75. The van der Waals surface area contributed by atoms with Gasteiger partial charge < -0.3 is 4.98 Å². The number of nitrogens with zero attached hydrogens (tertiary/aromatic N) is 1. The number of hydrogen-bond acceptors (Lipinski definition) is 2. The van der Waals surface area contributed by atoms with Gasteiger partial charge in [-0.2, -0.15) is 0 Å². The predicted octanol–water partition coefficient (Wildman–Crippen LogP) is 5.62. The first kappa shape index (κ1) is 17.9. The monoisotopic (exact) mass is 382 g/mol. The van der Waals surface area contributed by atoms with Crippen molar-refractivity contribution in [2.45, 2.75) is 33.1 Å². The summed E-state index contributed by atoms with van der Waals surface area (Å²) < 4.78 is 13.8. The zero-order chi connectivity index (χ0) is 19.2. The highest BCUT2D eigenvalue weighted by Gasteiger charge is 2.35. The molecule has 3 nitrogen and oxygen atoms in total. The topological polar surface area (TPSA) is 45.8 Å². The number of aromatic nitrogens is 2. The van der Waals surface area contributed by atoms with Crippen molar-refractivity contribution >= 4 is 17.4 Å². The summed E-state index contributed by atoms with van der Waals surface area (Å²) in [5.74, 6) is -0.241. The van der Waals surface area contributed by atoms with Crippen LogP contribution in [0.1, 0.15) is 47.4 Å². The summed E-state index contributed by atoms with van der Waals surface area (Å²) in [4.78, 5) is 20.5. The molecular formula is C22H20ClFN2O. The van der Waals surface area contributed by atoms with Crippen LogP contribution in [0.2, 0.25) is 5.02 Å². The summed E-state index contributed by atoms with van der Waals surface area (Å²) in [5, 5.41) is 0.354. The molecule has 0 amide bonds. The summed E-state index contributed by atoms with van der Waals surface area (Å²) in [6.07, 6.45) is 5.20. The Morgan fingerprint density at radius 2 is 1.93 bits per heavy atom. The molecule has 0 unspecified atom stereocenters. The number of rotatable bonds is 3. The number of benzene rings is 1. The van der Waals surface area contributed by atoms with Gasteiger partial charge in [-0.1, -0.05) is 25.4 Å². The fourth-order valence-electron chi connectivity index (χ4n) is 3.99. The first-order valence-corrected chi connectivity index (χ1v) is 9.32. The molecule has 1 N–H and O–H groups in total. The van der Waals surface area contributed by atoms with E-state index in [1.807, 2.05) is 12.1 Å². The van der Waals surface area contributed by atoms with Gasteiger partial charge in [0.1, 0.15) is 5.82 Å². The van der Waals surface area contributed by atoms with E-state index in [4.69, 9.17) is 11.6 Å². The Bertz CT molecular complexity index is 1000. The third-order valence-electron chi connectivity index (χ3n) is 5.03. The third kappa shape index (κ3) is 3.54. The number of Topliss-reactive ketones (excluding diaryl/α,β-unsaturated/α-hetero) is 1. The maximum absolute atomic E-state index is 13.8. The molecule has 5 heteroatoms. The molecule has 1 aliphatic carbocycles. The zero-order valence-electron chi connectivity index (χ0n) is 15.3. The Kier molecular flexibility index (Phi) is 4.39. The van der Waals surface area contributed by atoms with Gasteiger partial charge >= 0.3 is 0 Å². The van der Waals surface area contributed by atoms with E-state index in [9.17, 15) is 9.18 Å². The van der Waals surface area contributed by atoms with Crippen LogP contribution in [0.25, 0.3) is 11.3 Å². The van der Waals surface area contributed by atoms with Crippen molar-refractivity contribution < 1.29 is 9.18 Å². The Morgan fingerprint density at radius 1 is 1.19 bits per heavy atom. The van der Waals surface area contributed by atoms with Crippen LogP contribution < -0.4 is 0 Å². The van der Waals surface area contributed by atoms with Gasteiger partial charge in [0.2, 0.25) is 0 Å². The number of carbonyl (C=O) groups excluding carboxylic acids is 1. The van der Waals surface area contributed by atoms with E-state index in [2.05, 4.69) is 23.8 Å². The van der Waals surface area contributed by atoms with Crippen molar-refractivity contribution in [1.29, 1.82) is 0 Å². The summed E-state index contributed by atoms with van der Waals surface area (Å²) in [5.41, 5.74) is 5.13. The molecule has 0 atom stereocenters. The van der Waals surface area contributed by atoms with E-state index in [-0.39, 0.29) is 17.0 Å². The van der Waals surface area contributed by atoms with Crippen molar-refractivity contribution in [2.75, 3.05) is 0 Å². The number of carbonyl (C=O) groups is 1. The molecule has 2 heterocycles. The normalized spacial score (nSPS) is 15.6. The molecular weight excluding hydrogens is 363 g/mol. The predicted molar refractivity (Wildman–Crippen MR) is 105 cm³/mol. The molecule has 1 aliphatic rings. The molecule has 0 radical (unpaired) electrons. The Balaban J connectivity index is 1.88. The zero-order valence-corrected chi connectivity index (χ0v) is 16.0. The van der Waals surface area contributed by atoms with Crippen LogP contribution in [-0.4, -0.2) is 15.8 Å². The lowest BCUT2D eigenvalue weighted by Gasteiger charge is -2.28. The molecule has 27 heavy (non-hydrogen) atoms. The number of aromatic amines is 1. The van der Waals surface area contributed by atoms with Crippen LogP contribution in [0.3, 0.4) is 0 Å². The number of H-pyrrole nitrogens is 1. The molecule has 0 saturated heterocycles. The van der Waals surface area contributed by atoms with Crippen LogP contribution in [0, 0.1) is 11.2 Å². The second-order valence-corrected chi connectivity index (χ2v) is 8.40. The first-order valence-electron chi connectivity index (χ1n) is 8.95. The van der Waals surface area contributed by atoms with E-state index in [1.54, 1.807) is 18.5 Å². The van der Waals surface area contributed by atoms with Crippen LogP contribution >= 0.6 is 11.6 Å². The highest BCUT2D eigenvalue weighted by molar-refractivity contribution is 6.30. The van der Waals surface area contributed by atoms with Crippen LogP contribution in [0.5, 0.6) is 0 Å². The summed E-state index contributed by atoms with van der Waals surface area (Å²) in [6.45, 7) is 4.21. The summed E-state index contributed by atoms with van der Waals surface area (Å²) in [7, 11) is 0. The van der Waals surface area contributed by atoms with Crippen molar-refractivity contribution in [1.82, 2.24) is 9.97 Å². The second-order valence-electron chi connectivity index (χ2n) is 7.96. The highest BCUT2D eigenvalue weighted by atomic mass is 35.5. The fourth-order valence-corrected chi connectivity index (χ4v) is 4.23. The molecule has 138 valence electrons. The minimum Gasteiger partial charge on any atom is -0.358 e. The van der Waals surface area contributed by atoms with Gasteiger partial charge in [-0.15, -0.1) is 0 Å². The standard InChI is InChI=1S/C22H20ClFN2O/c1-22(2)11-18-20(19(27)12-22)17(9-13-7-15(23)10-16(24)8-13)21(26-18)14-3-5-25-6-4-14/h3-8,10,26H,9,11-12H2,1-2H3. The van der Waals surface area contributed by atoms with Crippen molar-refractivity contribution in [2.24, 2.45) is 5.41 Å². The quantitative estimate of drug-likeness (QED) is 0.639. The molecule has 3 aromatic rings. The average molecular weight is 383 g/mol. The van der Waals surface area contributed by atoms with Gasteiger partial charge in [-0.25, -0.2) is 4.39 Å². The molecule has 0 spiro atoms. The van der Waals surface area contributed by atoms with E-state index >= 15 is 0 Å². The first-order chi connectivity index (χ1) is 12.8. The average Bonchev–Trinajstić information content (AvgIpc) is 2.91. The minimum atomic E-state index is -0.375. The third-order valence-corrected chi connectivity index (χ3v) is 5.24. The largest absolute Gasteiger partial charge is 0.358 e. The number of nitrogens with one attached hydrogen (secondary N) is 1. The minimum absolute atomic E-state index is 0.0795. The Labute approximate surface area is 162 Å². The van der Waals surface area contributed by atoms with Crippen molar-refractivity contribution in [3.05, 3.63) is 75.9 Å².